The lowest BCUT2D eigenvalue weighted by Gasteiger charge is -2.15. The molecule has 1 aromatic heterocycles. The van der Waals surface area contributed by atoms with Crippen LogP contribution in [-0.2, 0) is 11.3 Å². The van der Waals surface area contributed by atoms with Crippen LogP contribution in [0.25, 0.3) is 21.7 Å². The molecule has 0 fully saturated rings. The minimum Gasteiger partial charge on any atom is -0.507 e. The van der Waals surface area contributed by atoms with E-state index < -0.39 is 0 Å². The Morgan fingerprint density at radius 1 is 1.04 bits per heavy atom. The number of carbonyl (C=O) groups is 1. The summed E-state index contributed by atoms with van der Waals surface area (Å²) in [6, 6.07) is 19.7. The molecule has 1 unspecified atom stereocenters. The highest BCUT2D eigenvalue weighted by atomic mass is 16.5. The lowest BCUT2D eigenvalue weighted by Crippen LogP contribution is -2.06. The number of nitrogens with zero attached hydrogens (tertiary/aromatic N) is 1. The first-order valence-corrected chi connectivity index (χ1v) is 9.55. The van der Waals surface area contributed by atoms with Crippen molar-refractivity contribution >= 4 is 27.6 Å². The van der Waals surface area contributed by atoms with Crippen molar-refractivity contribution in [1.29, 1.82) is 0 Å². The van der Waals surface area contributed by atoms with E-state index in [0.717, 1.165) is 21.7 Å². The first-order valence-electron chi connectivity index (χ1n) is 9.55. The van der Waals surface area contributed by atoms with E-state index in [1.165, 1.54) is 5.56 Å². The molecule has 0 saturated carbocycles. The van der Waals surface area contributed by atoms with Crippen molar-refractivity contribution in [2.75, 3.05) is 6.61 Å². The predicted molar refractivity (Wildman–Crippen MR) is 112 cm³/mol. The monoisotopic (exact) mass is 373 g/mol. The maximum Gasteiger partial charge on any atom is 0.340 e. The van der Waals surface area contributed by atoms with E-state index in [1.54, 1.807) is 13.0 Å². The Labute approximate surface area is 164 Å². The zero-order valence-corrected chi connectivity index (χ0v) is 16.1. The molecular formula is C24H23NO3. The lowest BCUT2D eigenvalue weighted by molar-refractivity contribution is 0.0528. The molecule has 4 rings (SSSR count). The fraction of sp³-hybridized carbons (Fsp3) is 0.208. The van der Waals surface area contributed by atoms with Gasteiger partial charge in [0.15, 0.2) is 0 Å². The predicted octanol–water partition coefficient (Wildman–Crippen LogP) is 5.48. The number of aromatic nitrogens is 1. The normalized spacial score (nSPS) is 12.4. The van der Waals surface area contributed by atoms with Gasteiger partial charge in [0.1, 0.15) is 5.75 Å². The van der Waals surface area contributed by atoms with Crippen LogP contribution in [0.15, 0.2) is 66.9 Å². The molecule has 1 heterocycles. The molecule has 4 aromatic rings. The van der Waals surface area contributed by atoms with E-state index in [1.807, 2.05) is 48.7 Å². The number of benzene rings is 3. The van der Waals surface area contributed by atoms with Crippen LogP contribution in [0.4, 0.5) is 0 Å². The highest BCUT2D eigenvalue weighted by molar-refractivity contribution is 6.15. The van der Waals surface area contributed by atoms with Crippen LogP contribution in [0.2, 0.25) is 0 Å². The molecule has 0 aliphatic heterocycles. The van der Waals surface area contributed by atoms with Crippen LogP contribution >= 0.6 is 0 Å². The molecular weight excluding hydrogens is 350 g/mol. The van der Waals surface area contributed by atoms with Gasteiger partial charge < -0.3 is 14.4 Å². The van der Waals surface area contributed by atoms with E-state index in [0.29, 0.717) is 18.7 Å². The number of aromatic hydroxyl groups is 1. The molecule has 142 valence electrons. The van der Waals surface area contributed by atoms with E-state index >= 15 is 0 Å². The van der Waals surface area contributed by atoms with Crippen molar-refractivity contribution in [1.82, 2.24) is 4.57 Å². The lowest BCUT2D eigenvalue weighted by atomic mass is 10.0. The Hall–Kier alpha value is -3.27. The van der Waals surface area contributed by atoms with Gasteiger partial charge in [-0.3, -0.25) is 0 Å². The average Bonchev–Trinajstić information content (AvgIpc) is 3.07. The number of fused-ring (bicyclic) bond motifs is 3. The van der Waals surface area contributed by atoms with Crippen molar-refractivity contribution in [3.63, 3.8) is 0 Å². The summed E-state index contributed by atoms with van der Waals surface area (Å²) in [6.45, 7) is 5.00. The molecule has 4 heteroatoms. The van der Waals surface area contributed by atoms with Crippen molar-refractivity contribution in [3.05, 3.63) is 78.0 Å². The van der Waals surface area contributed by atoms with Gasteiger partial charge in [-0.2, -0.15) is 0 Å². The van der Waals surface area contributed by atoms with Gasteiger partial charge in [0, 0.05) is 28.9 Å². The molecule has 0 spiro atoms. The second-order valence-corrected chi connectivity index (χ2v) is 7.06. The minimum absolute atomic E-state index is 0.169. The number of phenolic OH excluding ortho intramolecular Hbond substituents is 1. The molecule has 0 bridgehead atoms. The van der Waals surface area contributed by atoms with Crippen LogP contribution in [0, 0.1) is 0 Å². The van der Waals surface area contributed by atoms with Gasteiger partial charge in [0.25, 0.3) is 0 Å². The maximum absolute atomic E-state index is 12.6. The number of esters is 1. The summed E-state index contributed by atoms with van der Waals surface area (Å²) in [6.07, 6.45) is 1.86. The second kappa shape index (κ2) is 7.39. The van der Waals surface area contributed by atoms with Gasteiger partial charge in [0.05, 0.1) is 17.7 Å². The molecule has 0 radical (unpaired) electrons. The summed E-state index contributed by atoms with van der Waals surface area (Å²) < 4.78 is 7.37. The summed E-state index contributed by atoms with van der Waals surface area (Å²) in [5.74, 6) is 0.0650. The third kappa shape index (κ3) is 3.11. The standard InChI is InChI=1S/C24H23NO3/c1-3-28-24(27)21-15-25(14-16(2)17-9-5-4-6-10-17)23-19-12-8-7-11-18(19)22(26)13-20(21)23/h4-13,15-16,26H,3,14H2,1-2H3. The molecule has 3 aromatic carbocycles. The topological polar surface area (TPSA) is 51.5 Å². The average molecular weight is 373 g/mol. The van der Waals surface area contributed by atoms with E-state index in [-0.39, 0.29) is 17.6 Å². The largest absolute Gasteiger partial charge is 0.507 e. The molecule has 0 amide bonds. The van der Waals surface area contributed by atoms with Crippen LogP contribution in [0.3, 0.4) is 0 Å². The quantitative estimate of drug-likeness (QED) is 0.471. The van der Waals surface area contributed by atoms with Crippen LogP contribution in [0.1, 0.15) is 35.7 Å². The number of carbonyl (C=O) groups excluding carboxylic acids is 1. The van der Waals surface area contributed by atoms with E-state index in [2.05, 4.69) is 23.6 Å². The first kappa shape index (κ1) is 18.1. The zero-order chi connectivity index (χ0) is 19.7. The molecule has 0 saturated heterocycles. The van der Waals surface area contributed by atoms with Crippen LogP contribution < -0.4 is 0 Å². The summed E-state index contributed by atoms with van der Waals surface area (Å²) in [5.41, 5.74) is 2.67. The Morgan fingerprint density at radius 2 is 1.71 bits per heavy atom. The first-order chi connectivity index (χ1) is 13.6. The third-order valence-electron chi connectivity index (χ3n) is 5.19. The fourth-order valence-electron chi connectivity index (χ4n) is 3.84. The highest BCUT2D eigenvalue weighted by Gasteiger charge is 2.21. The Balaban J connectivity index is 1.92. The van der Waals surface area contributed by atoms with Gasteiger partial charge in [0.2, 0.25) is 0 Å². The number of ether oxygens (including phenoxy) is 1. The number of hydrogen-bond acceptors (Lipinski definition) is 3. The van der Waals surface area contributed by atoms with Crippen molar-refractivity contribution < 1.29 is 14.6 Å². The maximum atomic E-state index is 12.6. The van der Waals surface area contributed by atoms with Crippen molar-refractivity contribution in [3.8, 4) is 5.75 Å². The fourth-order valence-corrected chi connectivity index (χ4v) is 3.84. The van der Waals surface area contributed by atoms with E-state index in [9.17, 15) is 9.90 Å². The van der Waals surface area contributed by atoms with Crippen molar-refractivity contribution in [2.45, 2.75) is 26.3 Å². The highest BCUT2D eigenvalue weighted by Crippen LogP contribution is 2.36. The molecule has 1 atom stereocenters. The number of hydrogen-bond donors (Lipinski definition) is 1. The van der Waals surface area contributed by atoms with Gasteiger partial charge in [-0.25, -0.2) is 4.79 Å². The smallest absolute Gasteiger partial charge is 0.340 e. The Kier molecular flexibility index (Phi) is 4.78. The van der Waals surface area contributed by atoms with Gasteiger partial charge in [-0.05, 0) is 24.5 Å². The molecule has 0 aliphatic rings. The molecule has 4 nitrogen and oxygen atoms in total. The minimum atomic E-state index is -0.367. The van der Waals surface area contributed by atoms with Crippen LogP contribution in [-0.4, -0.2) is 22.2 Å². The summed E-state index contributed by atoms with van der Waals surface area (Å²) in [4.78, 5) is 12.6. The SMILES string of the molecule is CCOC(=O)c1cn(CC(C)c2ccccc2)c2c1cc(O)c1ccccc12. The zero-order valence-electron chi connectivity index (χ0n) is 16.1. The molecule has 28 heavy (non-hydrogen) atoms. The second-order valence-electron chi connectivity index (χ2n) is 7.06. The van der Waals surface area contributed by atoms with E-state index in [4.69, 9.17) is 4.74 Å². The van der Waals surface area contributed by atoms with Gasteiger partial charge in [-0.1, -0.05) is 61.5 Å². The third-order valence-corrected chi connectivity index (χ3v) is 5.19. The van der Waals surface area contributed by atoms with Gasteiger partial charge >= 0.3 is 5.97 Å². The molecule has 0 aliphatic carbocycles. The Morgan fingerprint density at radius 3 is 2.43 bits per heavy atom. The summed E-state index contributed by atoms with van der Waals surface area (Å²) in [5, 5.41) is 12.9. The number of phenols is 1. The van der Waals surface area contributed by atoms with Gasteiger partial charge in [-0.15, -0.1) is 0 Å². The summed E-state index contributed by atoms with van der Waals surface area (Å²) in [7, 11) is 0. The number of rotatable bonds is 5. The Bertz CT molecular complexity index is 1140. The van der Waals surface area contributed by atoms with Crippen LogP contribution in [0.5, 0.6) is 5.75 Å². The molecule has 1 N–H and O–H groups in total. The van der Waals surface area contributed by atoms with Crippen molar-refractivity contribution in [2.24, 2.45) is 0 Å². The summed E-state index contributed by atoms with van der Waals surface area (Å²) >= 11 is 0.